The second-order valence-electron chi connectivity index (χ2n) is 22.7. The fourth-order valence-electron chi connectivity index (χ4n) is 9.10. The largest absolute Gasteiger partial charge is 0.477 e. The van der Waals surface area contributed by atoms with Crippen LogP contribution in [0, 0.1) is 0 Å². The molecule has 0 radical (unpaired) electrons. The van der Waals surface area contributed by atoms with Crippen molar-refractivity contribution in [1.29, 1.82) is 0 Å². The molecule has 2 unspecified atom stereocenters. The lowest BCUT2D eigenvalue weighted by molar-refractivity contribution is -0.870. The van der Waals surface area contributed by atoms with Crippen LogP contribution in [-0.2, 0) is 33.3 Å². The molecule has 77 heavy (non-hydrogen) atoms. The summed E-state index contributed by atoms with van der Waals surface area (Å²) in [6.45, 7) is 4.71. The van der Waals surface area contributed by atoms with Gasteiger partial charge in [-0.05, 0) is 51.4 Å². The van der Waals surface area contributed by atoms with E-state index in [1.807, 2.05) is 33.3 Å². The van der Waals surface area contributed by atoms with E-state index in [4.69, 9.17) is 18.9 Å². The maximum absolute atomic E-state index is 12.8. The van der Waals surface area contributed by atoms with Gasteiger partial charge >= 0.3 is 17.9 Å². The molecule has 0 heterocycles. The number of carbonyl (C=O) groups is 3. The minimum atomic E-state index is -1.53. The van der Waals surface area contributed by atoms with Crippen molar-refractivity contribution < 1.29 is 42.9 Å². The van der Waals surface area contributed by atoms with Crippen LogP contribution in [0.15, 0.2) is 72.9 Å². The lowest BCUT2D eigenvalue weighted by Crippen LogP contribution is -2.40. The van der Waals surface area contributed by atoms with Gasteiger partial charge < -0.3 is 28.5 Å². The zero-order valence-electron chi connectivity index (χ0n) is 50.9. The van der Waals surface area contributed by atoms with E-state index in [1.165, 1.54) is 193 Å². The number of rotatable bonds is 59. The molecule has 0 aromatic heterocycles. The first-order chi connectivity index (χ1) is 37.6. The number of ether oxygens (including phenoxy) is 4. The molecule has 2 atom stereocenters. The number of esters is 2. The van der Waals surface area contributed by atoms with Crippen molar-refractivity contribution in [1.82, 2.24) is 0 Å². The van der Waals surface area contributed by atoms with Crippen molar-refractivity contribution in [2.75, 3.05) is 47.5 Å². The first-order valence-electron chi connectivity index (χ1n) is 32.1. The van der Waals surface area contributed by atoms with Crippen LogP contribution in [0.5, 0.6) is 0 Å². The molecular formula is C68H122NO8+. The minimum absolute atomic E-state index is 0.134. The highest BCUT2D eigenvalue weighted by Crippen LogP contribution is 2.18. The highest BCUT2D eigenvalue weighted by Gasteiger charge is 2.25. The minimum Gasteiger partial charge on any atom is -0.477 e. The molecule has 0 aliphatic heterocycles. The molecule has 0 bridgehead atoms. The molecule has 0 aliphatic carbocycles. The Morgan fingerprint density at radius 3 is 1.08 bits per heavy atom. The van der Waals surface area contributed by atoms with Gasteiger partial charge in [0.15, 0.2) is 6.10 Å². The number of likely N-dealkylation sites (N-methyl/N-ethyl adjacent to an activating group) is 1. The van der Waals surface area contributed by atoms with Crippen LogP contribution < -0.4 is 0 Å². The molecule has 0 saturated carbocycles. The third-order valence-corrected chi connectivity index (χ3v) is 14.0. The summed E-state index contributed by atoms with van der Waals surface area (Å²) in [7, 11) is 5.95. The molecule has 0 amide bonds. The molecule has 446 valence electrons. The molecule has 0 aromatic carbocycles. The molecule has 9 nitrogen and oxygen atoms in total. The number of hydrogen-bond acceptors (Lipinski definition) is 7. The standard InChI is InChI=1S/C68H121NO8/c1-6-8-10-12-14-16-18-20-22-24-26-27-28-29-30-31-32-33-34-35-36-37-38-39-41-42-44-46-48-50-52-54-56-58-65(70)75-62-64(63-76-68(67(72)73)74-61-60-69(3,4)5)77-66(71)59-57-55-53-51-49-47-45-43-40-25-23-21-19-17-15-13-11-9-7-2/h9,11,15,17,21,23,40,43,47,49,53,55,64,68H,6-8,10,12-14,16,18-20,22,24-39,41-42,44-46,48,50-52,54,56-63H2,1-5H3/p+1/b11-9-,17-15-,23-21-,43-40-,49-47-,55-53-. The van der Waals surface area contributed by atoms with Crippen LogP contribution in [0.25, 0.3) is 0 Å². The summed E-state index contributed by atoms with van der Waals surface area (Å²) in [5.41, 5.74) is 0. The van der Waals surface area contributed by atoms with Crippen LogP contribution >= 0.6 is 0 Å². The number of nitrogens with zero attached hydrogens (tertiary/aromatic N) is 1. The second-order valence-corrected chi connectivity index (χ2v) is 22.7. The monoisotopic (exact) mass is 1080 g/mol. The molecule has 0 fully saturated rings. The predicted octanol–water partition coefficient (Wildman–Crippen LogP) is 19.4. The predicted molar refractivity (Wildman–Crippen MR) is 327 cm³/mol. The van der Waals surface area contributed by atoms with Crippen molar-refractivity contribution in [2.24, 2.45) is 0 Å². The first-order valence-corrected chi connectivity index (χ1v) is 32.1. The summed E-state index contributed by atoms with van der Waals surface area (Å²) in [6.07, 6.45) is 74.7. The van der Waals surface area contributed by atoms with Gasteiger partial charge in [0.05, 0.1) is 34.4 Å². The Morgan fingerprint density at radius 1 is 0.403 bits per heavy atom. The van der Waals surface area contributed by atoms with Gasteiger partial charge in [-0.2, -0.15) is 0 Å². The third-order valence-electron chi connectivity index (χ3n) is 14.0. The van der Waals surface area contributed by atoms with Gasteiger partial charge in [-0.3, -0.25) is 9.59 Å². The van der Waals surface area contributed by atoms with Gasteiger partial charge in [0.25, 0.3) is 6.29 Å². The van der Waals surface area contributed by atoms with E-state index >= 15 is 0 Å². The Hall–Kier alpha value is -3.27. The molecule has 9 heteroatoms. The smallest absolute Gasteiger partial charge is 0.361 e. The molecular weight excluding hydrogens is 959 g/mol. The third kappa shape index (κ3) is 60.2. The van der Waals surface area contributed by atoms with Gasteiger partial charge in [0.1, 0.15) is 13.2 Å². The van der Waals surface area contributed by atoms with Crippen LogP contribution in [0.3, 0.4) is 0 Å². The Bertz CT molecular complexity index is 1490. The summed E-state index contributed by atoms with van der Waals surface area (Å²) in [6, 6.07) is 0. The number of hydrogen-bond donors (Lipinski definition) is 1. The maximum atomic E-state index is 12.8. The van der Waals surface area contributed by atoms with Gasteiger partial charge in [0, 0.05) is 12.8 Å². The van der Waals surface area contributed by atoms with Gasteiger partial charge in [-0.25, -0.2) is 4.79 Å². The lowest BCUT2D eigenvalue weighted by Gasteiger charge is -2.25. The van der Waals surface area contributed by atoms with Crippen molar-refractivity contribution >= 4 is 17.9 Å². The average Bonchev–Trinajstić information content (AvgIpc) is 3.40. The normalized spacial score (nSPS) is 13.2. The van der Waals surface area contributed by atoms with E-state index in [0.29, 0.717) is 17.4 Å². The molecule has 0 aliphatic rings. The number of carbonyl (C=O) groups excluding carboxylic acids is 2. The van der Waals surface area contributed by atoms with Crippen molar-refractivity contribution in [3.8, 4) is 0 Å². The topological polar surface area (TPSA) is 108 Å². The number of carboxylic acids is 1. The van der Waals surface area contributed by atoms with Gasteiger partial charge in [0.2, 0.25) is 0 Å². The summed E-state index contributed by atoms with van der Waals surface area (Å²) >= 11 is 0. The van der Waals surface area contributed by atoms with E-state index in [-0.39, 0.29) is 38.6 Å². The quantitative estimate of drug-likeness (QED) is 0.0211. The summed E-state index contributed by atoms with van der Waals surface area (Å²) in [4.78, 5) is 37.4. The van der Waals surface area contributed by atoms with Gasteiger partial charge in [-0.1, -0.05) is 292 Å². The Labute approximate surface area is 475 Å². The second kappa shape index (κ2) is 58.9. The van der Waals surface area contributed by atoms with Crippen molar-refractivity contribution in [2.45, 2.75) is 296 Å². The van der Waals surface area contributed by atoms with E-state index < -0.39 is 24.3 Å². The average molecular weight is 1080 g/mol. The van der Waals surface area contributed by atoms with Crippen LogP contribution in [-0.4, -0.2) is 87.4 Å². The van der Waals surface area contributed by atoms with Crippen LogP contribution in [0.2, 0.25) is 0 Å². The van der Waals surface area contributed by atoms with Gasteiger partial charge in [-0.15, -0.1) is 0 Å². The Morgan fingerprint density at radius 2 is 0.740 bits per heavy atom. The highest BCUT2D eigenvalue weighted by atomic mass is 16.7. The van der Waals surface area contributed by atoms with Crippen LogP contribution in [0.1, 0.15) is 284 Å². The summed E-state index contributed by atoms with van der Waals surface area (Å²) < 4.78 is 22.8. The highest BCUT2D eigenvalue weighted by molar-refractivity contribution is 5.71. The molecule has 0 spiro atoms. The van der Waals surface area contributed by atoms with E-state index in [0.717, 1.165) is 57.8 Å². The first kappa shape index (κ1) is 73.7. The van der Waals surface area contributed by atoms with E-state index in [9.17, 15) is 19.5 Å². The zero-order chi connectivity index (χ0) is 56.2. The number of allylic oxidation sites excluding steroid dienone is 12. The maximum Gasteiger partial charge on any atom is 0.361 e. The fraction of sp³-hybridized carbons (Fsp3) is 0.779. The number of aliphatic carboxylic acids is 1. The molecule has 0 saturated heterocycles. The summed E-state index contributed by atoms with van der Waals surface area (Å²) in [5.74, 6) is -2.11. The summed E-state index contributed by atoms with van der Waals surface area (Å²) in [5, 5.41) is 9.70. The molecule has 0 rings (SSSR count). The Kier molecular flexibility index (Phi) is 56.4. The Balaban J connectivity index is 4.12. The number of carboxylic acid groups (broad SMARTS) is 1. The van der Waals surface area contributed by atoms with Crippen molar-refractivity contribution in [3.05, 3.63) is 72.9 Å². The lowest BCUT2D eigenvalue weighted by atomic mass is 10.0. The number of unbranched alkanes of at least 4 members (excludes halogenated alkanes) is 32. The zero-order valence-corrected chi connectivity index (χ0v) is 50.9. The van der Waals surface area contributed by atoms with E-state index in [2.05, 4.69) is 74.6 Å². The molecule has 0 aromatic rings. The fourth-order valence-corrected chi connectivity index (χ4v) is 9.10. The SMILES string of the molecule is CC/C=C\C/C=C\C/C=C\C/C=C\C/C=C\C/C=C\CCC(=O)OC(COC(=O)CCCCCCCCCCCCCCCCCCCCCCCCCCCCCCCCCCC)COC(OCC[N+](C)(C)C)C(=O)O. The van der Waals surface area contributed by atoms with E-state index in [1.54, 1.807) is 0 Å². The number of quaternary nitrogens is 1. The van der Waals surface area contributed by atoms with Crippen LogP contribution in [0.4, 0.5) is 0 Å². The van der Waals surface area contributed by atoms with Crippen molar-refractivity contribution in [3.63, 3.8) is 0 Å². The molecule has 1 N–H and O–H groups in total.